The van der Waals surface area contributed by atoms with E-state index < -0.39 is 0 Å². The molecule has 0 amide bonds. The van der Waals surface area contributed by atoms with Crippen LogP contribution in [0.3, 0.4) is 0 Å². The predicted molar refractivity (Wildman–Crippen MR) is 76.4 cm³/mol. The number of piperidine rings is 1. The van der Waals surface area contributed by atoms with E-state index in [-0.39, 0.29) is 0 Å². The molecule has 0 radical (unpaired) electrons. The highest BCUT2D eigenvalue weighted by molar-refractivity contribution is 4.80. The van der Waals surface area contributed by atoms with Gasteiger partial charge in [-0.2, -0.15) is 0 Å². The number of rotatable bonds is 7. The maximum Gasteiger partial charge on any atom is 0.0195 e. The summed E-state index contributed by atoms with van der Waals surface area (Å²) in [6.45, 7) is 13.0. The van der Waals surface area contributed by atoms with Crippen molar-refractivity contribution in [2.45, 2.75) is 71.9 Å². The Morgan fingerprint density at radius 3 is 2.65 bits per heavy atom. The molecule has 2 atom stereocenters. The summed E-state index contributed by atoms with van der Waals surface area (Å²) in [6, 6.07) is 1.51. The average molecular weight is 240 g/mol. The summed E-state index contributed by atoms with van der Waals surface area (Å²) in [4.78, 5) is 2.69. The van der Waals surface area contributed by atoms with E-state index in [1.807, 2.05) is 0 Å². The second-order valence-electron chi connectivity index (χ2n) is 6.07. The van der Waals surface area contributed by atoms with E-state index in [4.69, 9.17) is 0 Å². The molecule has 0 bridgehead atoms. The summed E-state index contributed by atoms with van der Waals surface area (Å²) in [5, 5.41) is 3.60. The molecule has 1 heterocycles. The molecule has 102 valence electrons. The van der Waals surface area contributed by atoms with Crippen LogP contribution >= 0.6 is 0 Å². The van der Waals surface area contributed by atoms with Crippen LogP contribution < -0.4 is 5.32 Å². The van der Waals surface area contributed by atoms with Crippen LogP contribution in [-0.4, -0.2) is 36.6 Å². The van der Waals surface area contributed by atoms with Gasteiger partial charge in [0.2, 0.25) is 0 Å². The molecule has 0 aromatic heterocycles. The molecule has 1 aliphatic heterocycles. The van der Waals surface area contributed by atoms with Crippen LogP contribution in [0.15, 0.2) is 0 Å². The third kappa shape index (κ3) is 5.87. The van der Waals surface area contributed by atoms with Crippen molar-refractivity contribution in [3.8, 4) is 0 Å². The summed E-state index contributed by atoms with van der Waals surface area (Å²) in [7, 11) is 0. The first kappa shape index (κ1) is 15.0. The third-order valence-electron chi connectivity index (χ3n) is 3.97. The molecular formula is C15H32N2. The lowest BCUT2D eigenvalue weighted by Crippen LogP contribution is -2.48. The minimum absolute atomic E-state index is 0.737. The molecule has 0 saturated carbocycles. The van der Waals surface area contributed by atoms with Crippen LogP contribution in [0.4, 0.5) is 0 Å². The van der Waals surface area contributed by atoms with E-state index in [1.54, 1.807) is 0 Å². The van der Waals surface area contributed by atoms with Gasteiger partial charge >= 0.3 is 0 Å². The Morgan fingerprint density at radius 1 is 1.24 bits per heavy atom. The lowest BCUT2D eigenvalue weighted by atomic mass is 9.99. The van der Waals surface area contributed by atoms with Crippen molar-refractivity contribution in [2.75, 3.05) is 19.6 Å². The molecule has 17 heavy (non-hydrogen) atoms. The van der Waals surface area contributed by atoms with Crippen LogP contribution in [0.5, 0.6) is 0 Å². The van der Waals surface area contributed by atoms with Crippen molar-refractivity contribution in [2.24, 2.45) is 5.92 Å². The van der Waals surface area contributed by atoms with Crippen molar-refractivity contribution < 1.29 is 0 Å². The maximum absolute atomic E-state index is 3.60. The monoisotopic (exact) mass is 240 g/mol. The van der Waals surface area contributed by atoms with Gasteiger partial charge in [0.05, 0.1) is 0 Å². The molecule has 0 spiro atoms. The van der Waals surface area contributed by atoms with Gasteiger partial charge in [0, 0.05) is 18.6 Å². The fraction of sp³-hybridized carbons (Fsp3) is 1.00. The molecule has 2 nitrogen and oxygen atoms in total. The molecule has 2 heteroatoms. The van der Waals surface area contributed by atoms with Gasteiger partial charge in [-0.05, 0) is 45.2 Å². The zero-order valence-electron chi connectivity index (χ0n) is 12.3. The molecule has 1 rings (SSSR count). The number of nitrogens with zero attached hydrogens (tertiary/aromatic N) is 1. The van der Waals surface area contributed by atoms with Crippen molar-refractivity contribution in [1.82, 2.24) is 10.2 Å². The van der Waals surface area contributed by atoms with Crippen LogP contribution in [-0.2, 0) is 0 Å². The van der Waals surface area contributed by atoms with Crippen molar-refractivity contribution in [3.63, 3.8) is 0 Å². The second-order valence-corrected chi connectivity index (χ2v) is 6.07. The van der Waals surface area contributed by atoms with Crippen LogP contribution in [0, 0.1) is 5.92 Å². The highest BCUT2D eigenvalue weighted by Gasteiger charge is 2.22. The molecule has 1 N–H and O–H groups in total. The van der Waals surface area contributed by atoms with Gasteiger partial charge < -0.3 is 5.32 Å². The van der Waals surface area contributed by atoms with E-state index in [0.29, 0.717) is 0 Å². The van der Waals surface area contributed by atoms with Crippen LogP contribution in [0.25, 0.3) is 0 Å². The van der Waals surface area contributed by atoms with Crippen molar-refractivity contribution >= 4 is 0 Å². The molecular weight excluding hydrogens is 208 g/mol. The number of hydrogen-bond donors (Lipinski definition) is 1. The van der Waals surface area contributed by atoms with Crippen LogP contribution in [0.1, 0.15) is 59.8 Å². The van der Waals surface area contributed by atoms with E-state index in [9.17, 15) is 0 Å². The van der Waals surface area contributed by atoms with Crippen molar-refractivity contribution in [3.05, 3.63) is 0 Å². The first-order valence-corrected chi connectivity index (χ1v) is 7.61. The summed E-state index contributed by atoms with van der Waals surface area (Å²) >= 11 is 0. The van der Waals surface area contributed by atoms with Gasteiger partial charge in [0.25, 0.3) is 0 Å². The highest BCUT2D eigenvalue weighted by Crippen LogP contribution is 2.17. The number of likely N-dealkylation sites (N-methyl/N-ethyl adjacent to an activating group) is 1. The first-order valence-electron chi connectivity index (χ1n) is 7.61. The maximum atomic E-state index is 3.60. The number of hydrogen-bond acceptors (Lipinski definition) is 2. The van der Waals surface area contributed by atoms with E-state index in [1.165, 1.54) is 45.2 Å². The van der Waals surface area contributed by atoms with Gasteiger partial charge in [-0.25, -0.2) is 0 Å². The normalized spacial score (nSPS) is 24.2. The minimum Gasteiger partial charge on any atom is -0.313 e. The number of nitrogens with one attached hydrogen (secondary N) is 1. The highest BCUT2D eigenvalue weighted by atomic mass is 15.2. The van der Waals surface area contributed by atoms with Gasteiger partial charge in [0.15, 0.2) is 0 Å². The summed E-state index contributed by atoms with van der Waals surface area (Å²) in [5.41, 5.74) is 0. The molecule has 0 aromatic rings. The lowest BCUT2D eigenvalue weighted by molar-refractivity contribution is 0.138. The van der Waals surface area contributed by atoms with E-state index >= 15 is 0 Å². The van der Waals surface area contributed by atoms with Gasteiger partial charge in [-0.1, -0.05) is 33.6 Å². The van der Waals surface area contributed by atoms with Gasteiger partial charge in [0.1, 0.15) is 0 Å². The molecule has 1 aliphatic rings. The summed E-state index contributed by atoms with van der Waals surface area (Å²) in [5.74, 6) is 0.859. The second kappa shape index (κ2) is 8.10. The van der Waals surface area contributed by atoms with Crippen molar-refractivity contribution in [1.29, 1.82) is 0 Å². The zero-order valence-corrected chi connectivity index (χ0v) is 12.3. The molecule has 2 unspecified atom stereocenters. The molecule has 1 saturated heterocycles. The fourth-order valence-electron chi connectivity index (χ4n) is 2.87. The molecule has 1 fully saturated rings. The Hall–Kier alpha value is -0.0800. The van der Waals surface area contributed by atoms with Gasteiger partial charge in [-0.15, -0.1) is 0 Å². The topological polar surface area (TPSA) is 15.3 Å². The van der Waals surface area contributed by atoms with E-state index in [2.05, 4.69) is 37.9 Å². The molecule has 0 aliphatic carbocycles. The lowest BCUT2D eigenvalue weighted by Gasteiger charge is -2.37. The zero-order chi connectivity index (χ0) is 12.7. The Bertz CT molecular complexity index is 189. The fourth-order valence-corrected chi connectivity index (χ4v) is 2.87. The minimum atomic E-state index is 0.737. The first-order chi connectivity index (χ1) is 8.13. The smallest absolute Gasteiger partial charge is 0.0195 e. The number of likely N-dealkylation sites (tertiary alicyclic amines) is 1. The standard InChI is InChI=1S/C15H32N2/c1-5-16-15-10-7-11-17(12-15)14(4)9-6-8-13(2)3/h13-16H,5-12H2,1-4H3. The Labute approximate surface area is 108 Å². The van der Waals surface area contributed by atoms with Crippen LogP contribution in [0.2, 0.25) is 0 Å². The third-order valence-corrected chi connectivity index (χ3v) is 3.97. The average Bonchev–Trinajstić information content (AvgIpc) is 2.29. The predicted octanol–water partition coefficient (Wildman–Crippen LogP) is 3.28. The largest absolute Gasteiger partial charge is 0.313 e. The Morgan fingerprint density at radius 2 is 2.00 bits per heavy atom. The Balaban J connectivity index is 2.23. The quantitative estimate of drug-likeness (QED) is 0.735. The van der Waals surface area contributed by atoms with E-state index in [0.717, 1.165) is 24.5 Å². The summed E-state index contributed by atoms with van der Waals surface area (Å²) in [6.07, 6.45) is 6.88. The molecule has 0 aromatic carbocycles. The SMILES string of the molecule is CCNC1CCCN(C(C)CCCC(C)C)C1. The summed E-state index contributed by atoms with van der Waals surface area (Å²) < 4.78 is 0. The Kier molecular flexibility index (Phi) is 7.14. The van der Waals surface area contributed by atoms with Gasteiger partial charge in [-0.3, -0.25) is 4.90 Å².